The Balaban J connectivity index is 1.84. The number of hydrogen-bond acceptors (Lipinski definition) is 3. The molecule has 0 amide bonds. The first kappa shape index (κ1) is 11.4. The van der Waals surface area contributed by atoms with Gasteiger partial charge in [-0.2, -0.15) is 5.10 Å². The predicted octanol–water partition coefficient (Wildman–Crippen LogP) is 3.67. The van der Waals surface area contributed by atoms with Crippen LogP contribution in [0.1, 0.15) is 22.9 Å². The van der Waals surface area contributed by atoms with E-state index in [2.05, 4.69) is 22.6 Å². The molecule has 3 rings (SSSR count). The molecule has 0 bridgehead atoms. The zero-order valence-corrected chi connectivity index (χ0v) is 10.8. The van der Waals surface area contributed by atoms with Crippen molar-refractivity contribution < 1.29 is 4.39 Å². The van der Waals surface area contributed by atoms with Gasteiger partial charge in [0.2, 0.25) is 0 Å². The third-order valence-electron chi connectivity index (χ3n) is 3.17. The molecule has 1 unspecified atom stereocenters. The van der Waals surface area contributed by atoms with Crippen molar-refractivity contribution in [3.63, 3.8) is 0 Å². The maximum Gasteiger partial charge on any atom is 0.123 e. The quantitative estimate of drug-likeness (QED) is 0.804. The van der Waals surface area contributed by atoms with Gasteiger partial charge in [-0.05, 0) is 29.1 Å². The van der Waals surface area contributed by atoms with E-state index in [-0.39, 0.29) is 5.82 Å². The maximum absolute atomic E-state index is 12.9. The molecule has 18 heavy (non-hydrogen) atoms. The lowest BCUT2D eigenvalue weighted by molar-refractivity contribution is 0.294. The average Bonchev–Trinajstić information content (AvgIpc) is 2.99. The first-order chi connectivity index (χ1) is 8.74. The van der Waals surface area contributed by atoms with E-state index < -0.39 is 0 Å². The van der Waals surface area contributed by atoms with Crippen molar-refractivity contribution in [2.24, 2.45) is 5.10 Å². The second kappa shape index (κ2) is 4.53. The summed E-state index contributed by atoms with van der Waals surface area (Å²) in [4.78, 5) is 1.32. The zero-order valence-electron chi connectivity index (χ0n) is 10.0. The van der Waals surface area contributed by atoms with E-state index in [9.17, 15) is 4.39 Å². The highest BCUT2D eigenvalue weighted by Crippen LogP contribution is 2.33. The van der Waals surface area contributed by atoms with E-state index in [0.29, 0.717) is 6.04 Å². The Kier molecular flexibility index (Phi) is 2.88. The predicted molar refractivity (Wildman–Crippen MR) is 72.4 cm³/mol. The molecule has 1 aromatic carbocycles. The van der Waals surface area contributed by atoms with Crippen LogP contribution in [0.2, 0.25) is 0 Å². The SMILES string of the molecule is CN1N=C(c2ccc(F)cc2)CC1c1cccs1. The average molecular weight is 260 g/mol. The Morgan fingerprint density at radius 3 is 2.72 bits per heavy atom. The summed E-state index contributed by atoms with van der Waals surface area (Å²) in [6.45, 7) is 0. The lowest BCUT2D eigenvalue weighted by Gasteiger charge is -2.16. The molecule has 0 saturated heterocycles. The van der Waals surface area contributed by atoms with Gasteiger partial charge in [0, 0.05) is 18.3 Å². The van der Waals surface area contributed by atoms with Crippen molar-refractivity contribution >= 4 is 17.0 Å². The van der Waals surface area contributed by atoms with Gasteiger partial charge in [0.15, 0.2) is 0 Å². The number of rotatable bonds is 2. The van der Waals surface area contributed by atoms with Crippen molar-refractivity contribution in [1.29, 1.82) is 0 Å². The monoisotopic (exact) mass is 260 g/mol. The van der Waals surface area contributed by atoms with Crippen LogP contribution < -0.4 is 0 Å². The van der Waals surface area contributed by atoms with E-state index in [1.807, 2.05) is 12.1 Å². The first-order valence-electron chi connectivity index (χ1n) is 5.84. The van der Waals surface area contributed by atoms with E-state index >= 15 is 0 Å². The summed E-state index contributed by atoms with van der Waals surface area (Å²) in [6.07, 6.45) is 0.878. The van der Waals surface area contributed by atoms with E-state index in [4.69, 9.17) is 0 Å². The van der Waals surface area contributed by atoms with Crippen molar-refractivity contribution in [3.05, 3.63) is 58.0 Å². The van der Waals surface area contributed by atoms with Crippen LogP contribution in [-0.2, 0) is 0 Å². The largest absolute Gasteiger partial charge is 0.291 e. The minimum absolute atomic E-state index is 0.208. The number of benzene rings is 1. The lowest BCUT2D eigenvalue weighted by Crippen LogP contribution is -2.12. The number of halogens is 1. The van der Waals surface area contributed by atoms with Crippen LogP contribution in [-0.4, -0.2) is 17.8 Å². The van der Waals surface area contributed by atoms with Gasteiger partial charge in [-0.3, -0.25) is 5.01 Å². The number of thiophene rings is 1. The van der Waals surface area contributed by atoms with Crippen molar-refractivity contribution in [1.82, 2.24) is 5.01 Å². The highest BCUT2D eigenvalue weighted by Gasteiger charge is 2.26. The zero-order chi connectivity index (χ0) is 12.5. The van der Waals surface area contributed by atoms with Crippen LogP contribution in [0.15, 0.2) is 46.9 Å². The normalized spacial score (nSPS) is 19.1. The minimum atomic E-state index is -0.208. The van der Waals surface area contributed by atoms with Gasteiger partial charge in [0.05, 0.1) is 11.8 Å². The summed E-state index contributed by atoms with van der Waals surface area (Å²) in [6, 6.07) is 11.0. The van der Waals surface area contributed by atoms with Crippen LogP contribution in [0, 0.1) is 5.82 Å². The molecule has 0 N–H and O–H groups in total. The summed E-state index contributed by atoms with van der Waals surface area (Å²) < 4.78 is 12.9. The fourth-order valence-electron chi connectivity index (χ4n) is 2.20. The Labute approximate surface area is 109 Å². The molecule has 0 saturated carbocycles. The molecular weight excluding hydrogens is 247 g/mol. The second-order valence-electron chi connectivity index (χ2n) is 4.36. The topological polar surface area (TPSA) is 15.6 Å². The Bertz CT molecular complexity index is 560. The number of hydrogen-bond donors (Lipinski definition) is 0. The molecule has 4 heteroatoms. The summed E-state index contributed by atoms with van der Waals surface area (Å²) >= 11 is 1.75. The van der Waals surface area contributed by atoms with Crippen molar-refractivity contribution in [2.45, 2.75) is 12.5 Å². The molecule has 1 aliphatic heterocycles. The lowest BCUT2D eigenvalue weighted by atomic mass is 10.0. The fourth-order valence-corrected chi connectivity index (χ4v) is 3.06. The number of nitrogens with zero attached hydrogens (tertiary/aromatic N) is 2. The third-order valence-corrected chi connectivity index (χ3v) is 4.14. The van der Waals surface area contributed by atoms with Crippen LogP contribution in [0.3, 0.4) is 0 Å². The molecule has 0 aliphatic carbocycles. The van der Waals surface area contributed by atoms with Gasteiger partial charge < -0.3 is 0 Å². The summed E-state index contributed by atoms with van der Waals surface area (Å²) in [5.41, 5.74) is 2.03. The van der Waals surface area contributed by atoms with Gasteiger partial charge in [0.25, 0.3) is 0 Å². The summed E-state index contributed by atoms with van der Waals surface area (Å²) in [7, 11) is 1.99. The van der Waals surface area contributed by atoms with E-state index in [0.717, 1.165) is 17.7 Å². The molecule has 0 fully saturated rings. The van der Waals surface area contributed by atoms with Crippen LogP contribution in [0.25, 0.3) is 0 Å². The summed E-state index contributed by atoms with van der Waals surface area (Å²) in [5.74, 6) is -0.208. The molecule has 2 heterocycles. The molecular formula is C14H13FN2S. The van der Waals surface area contributed by atoms with Gasteiger partial charge in [0.1, 0.15) is 5.82 Å². The second-order valence-corrected chi connectivity index (χ2v) is 5.34. The smallest absolute Gasteiger partial charge is 0.123 e. The molecule has 92 valence electrons. The maximum atomic E-state index is 12.9. The van der Waals surface area contributed by atoms with E-state index in [1.165, 1.54) is 17.0 Å². The standard InChI is InChI=1S/C14H13FN2S/c1-17-13(14-3-2-8-18-14)9-12(16-17)10-4-6-11(15)7-5-10/h2-8,13H,9H2,1H3. The van der Waals surface area contributed by atoms with Gasteiger partial charge in [-0.25, -0.2) is 4.39 Å². The molecule has 0 radical (unpaired) electrons. The molecule has 2 aromatic rings. The van der Waals surface area contributed by atoms with Crippen LogP contribution >= 0.6 is 11.3 Å². The first-order valence-corrected chi connectivity index (χ1v) is 6.71. The van der Waals surface area contributed by atoms with Crippen LogP contribution in [0.5, 0.6) is 0 Å². The number of hydrazone groups is 1. The van der Waals surface area contributed by atoms with Gasteiger partial charge in [-0.15, -0.1) is 11.3 Å². The van der Waals surface area contributed by atoms with Gasteiger partial charge >= 0.3 is 0 Å². The van der Waals surface area contributed by atoms with Crippen molar-refractivity contribution in [3.8, 4) is 0 Å². The Morgan fingerprint density at radius 2 is 2.06 bits per heavy atom. The minimum Gasteiger partial charge on any atom is -0.291 e. The fraction of sp³-hybridized carbons (Fsp3) is 0.214. The van der Waals surface area contributed by atoms with Crippen LogP contribution in [0.4, 0.5) is 4.39 Å². The Morgan fingerprint density at radius 1 is 1.28 bits per heavy atom. The van der Waals surface area contributed by atoms with E-state index in [1.54, 1.807) is 23.5 Å². The Hall–Kier alpha value is -1.68. The van der Waals surface area contributed by atoms with Gasteiger partial charge in [-0.1, -0.05) is 18.2 Å². The molecule has 2 nitrogen and oxygen atoms in total. The third kappa shape index (κ3) is 2.04. The highest BCUT2D eigenvalue weighted by atomic mass is 32.1. The molecule has 1 aliphatic rings. The molecule has 1 aromatic heterocycles. The van der Waals surface area contributed by atoms with Crippen molar-refractivity contribution in [2.75, 3.05) is 7.05 Å². The molecule has 1 atom stereocenters. The highest BCUT2D eigenvalue weighted by molar-refractivity contribution is 7.10. The molecule has 0 spiro atoms. The summed E-state index contributed by atoms with van der Waals surface area (Å²) in [5, 5.41) is 8.63.